The number of rotatable bonds is 7. The van der Waals surface area contributed by atoms with Crippen LogP contribution in [0.3, 0.4) is 0 Å². The molecule has 0 saturated carbocycles. The molecule has 3 rings (SSSR count). The molecule has 1 atom stereocenters. The highest BCUT2D eigenvalue weighted by Gasteiger charge is 2.48. The molecular weight excluding hydrogens is 342 g/mol. The highest BCUT2D eigenvalue weighted by Crippen LogP contribution is 2.43. The van der Waals surface area contributed by atoms with Gasteiger partial charge in [0.15, 0.2) is 0 Å². The minimum absolute atomic E-state index is 0.0115. The fraction of sp³-hybridized carbons (Fsp3) is 0.800. The number of carbonyl (C=O) groups is 1. The summed E-state index contributed by atoms with van der Waals surface area (Å²) >= 11 is 0. The first-order valence-electron chi connectivity index (χ1n) is 10.3. The third kappa shape index (κ3) is 4.70. The van der Waals surface area contributed by atoms with Crippen molar-refractivity contribution >= 4 is 5.91 Å². The smallest absolute Gasteiger partial charge is 0.240 e. The molecule has 1 aromatic heterocycles. The Labute approximate surface area is 162 Å². The van der Waals surface area contributed by atoms with Crippen LogP contribution in [0.2, 0.25) is 0 Å². The minimum atomic E-state index is -0.0587. The Bertz CT molecular complexity index is 624. The Kier molecular flexibility index (Phi) is 6.55. The topological polar surface area (TPSA) is 64.8 Å². The molecule has 0 aromatic carbocycles. The second kappa shape index (κ2) is 8.71. The third-order valence-corrected chi connectivity index (χ3v) is 6.26. The molecule has 152 valence electrons. The molecule has 1 aromatic rings. The molecule has 0 radical (unpaired) electrons. The summed E-state index contributed by atoms with van der Waals surface area (Å²) in [6, 6.07) is -0.0587. The number of piperidine rings is 1. The number of aliphatic hydroxyl groups is 1. The zero-order valence-electron chi connectivity index (χ0n) is 17.1. The van der Waals surface area contributed by atoms with Crippen molar-refractivity contribution in [2.75, 3.05) is 46.4 Å². The fourth-order valence-electron chi connectivity index (χ4n) is 4.74. The lowest BCUT2D eigenvalue weighted by Gasteiger charge is -2.37. The van der Waals surface area contributed by atoms with E-state index in [0.29, 0.717) is 13.1 Å². The largest absolute Gasteiger partial charge is 0.395 e. The molecular formula is C20H35N5O2. The zero-order valence-corrected chi connectivity index (χ0v) is 17.1. The van der Waals surface area contributed by atoms with E-state index in [9.17, 15) is 9.90 Å². The molecule has 2 aliphatic heterocycles. The molecule has 2 saturated heterocycles. The number of amides is 1. The van der Waals surface area contributed by atoms with Gasteiger partial charge in [-0.3, -0.25) is 14.4 Å². The summed E-state index contributed by atoms with van der Waals surface area (Å²) in [4.78, 5) is 20.1. The summed E-state index contributed by atoms with van der Waals surface area (Å²) in [6.45, 7) is 7.30. The number of likely N-dealkylation sites (tertiary alicyclic amines) is 2. The number of aromatic nitrogens is 2. The molecule has 0 aliphatic carbocycles. The first kappa shape index (κ1) is 20.3. The number of hydrogen-bond acceptors (Lipinski definition) is 5. The second-order valence-corrected chi connectivity index (χ2v) is 8.50. The van der Waals surface area contributed by atoms with Gasteiger partial charge in [0.2, 0.25) is 5.91 Å². The fourth-order valence-corrected chi connectivity index (χ4v) is 4.74. The summed E-state index contributed by atoms with van der Waals surface area (Å²) in [5.74, 6) is 0.164. The lowest BCUT2D eigenvalue weighted by Crippen LogP contribution is -2.46. The van der Waals surface area contributed by atoms with E-state index in [2.05, 4.69) is 28.9 Å². The van der Waals surface area contributed by atoms with Crippen LogP contribution in [0.1, 0.15) is 38.2 Å². The standard InChI is InChI=1S/C20H35N5O2/c1-4-7-25-16-20(5-8-22(2)9-6-20)12-18(25)19(27)24(10-11-26)15-17-13-21-23(3)14-17/h13-14,18,26H,4-12,15-16H2,1-3H3. The summed E-state index contributed by atoms with van der Waals surface area (Å²) in [6.07, 6.45) is 8.10. The Hall–Kier alpha value is -1.44. The molecule has 27 heavy (non-hydrogen) atoms. The molecule has 2 aliphatic rings. The van der Waals surface area contributed by atoms with Crippen LogP contribution in [0.25, 0.3) is 0 Å². The van der Waals surface area contributed by atoms with Crippen LogP contribution < -0.4 is 0 Å². The van der Waals surface area contributed by atoms with Gasteiger partial charge in [-0.05, 0) is 57.8 Å². The average Bonchev–Trinajstić information content (AvgIpc) is 3.21. The van der Waals surface area contributed by atoms with Gasteiger partial charge < -0.3 is 14.9 Å². The average molecular weight is 378 g/mol. The number of carbonyl (C=O) groups excluding carboxylic acids is 1. The summed E-state index contributed by atoms with van der Waals surface area (Å²) in [5.41, 5.74) is 1.29. The number of nitrogens with zero attached hydrogens (tertiary/aromatic N) is 5. The number of aryl methyl sites for hydroxylation is 1. The van der Waals surface area contributed by atoms with Crippen molar-refractivity contribution < 1.29 is 9.90 Å². The maximum atomic E-state index is 13.5. The van der Waals surface area contributed by atoms with E-state index in [-0.39, 0.29) is 24.0 Å². The maximum Gasteiger partial charge on any atom is 0.240 e. The maximum absolute atomic E-state index is 13.5. The highest BCUT2D eigenvalue weighted by molar-refractivity contribution is 5.82. The molecule has 7 heteroatoms. The zero-order chi connectivity index (χ0) is 19.4. The van der Waals surface area contributed by atoms with Crippen LogP contribution in [0.4, 0.5) is 0 Å². The van der Waals surface area contributed by atoms with Gasteiger partial charge in [0, 0.05) is 38.4 Å². The van der Waals surface area contributed by atoms with Crippen LogP contribution in [0.5, 0.6) is 0 Å². The normalized spacial score (nSPS) is 23.2. The van der Waals surface area contributed by atoms with Gasteiger partial charge >= 0.3 is 0 Å². The Balaban J connectivity index is 1.74. The molecule has 1 spiro atoms. The lowest BCUT2D eigenvalue weighted by atomic mass is 9.76. The van der Waals surface area contributed by atoms with Gasteiger partial charge in [0.1, 0.15) is 0 Å². The minimum Gasteiger partial charge on any atom is -0.395 e. The molecule has 1 N–H and O–H groups in total. The summed E-state index contributed by atoms with van der Waals surface area (Å²) < 4.78 is 1.75. The first-order valence-corrected chi connectivity index (χ1v) is 10.3. The molecule has 1 amide bonds. The van der Waals surface area contributed by atoms with Crippen molar-refractivity contribution in [3.8, 4) is 0 Å². The van der Waals surface area contributed by atoms with Crippen molar-refractivity contribution in [2.45, 2.75) is 45.2 Å². The van der Waals surface area contributed by atoms with Crippen LogP contribution in [-0.4, -0.2) is 87.9 Å². The van der Waals surface area contributed by atoms with Gasteiger partial charge in [-0.15, -0.1) is 0 Å². The van der Waals surface area contributed by atoms with E-state index in [1.54, 1.807) is 10.9 Å². The Morgan fingerprint density at radius 1 is 1.37 bits per heavy atom. The van der Waals surface area contributed by atoms with Gasteiger partial charge in [0.25, 0.3) is 0 Å². The predicted octanol–water partition coefficient (Wildman–Crippen LogP) is 0.937. The Morgan fingerprint density at radius 3 is 2.70 bits per heavy atom. The van der Waals surface area contributed by atoms with Gasteiger partial charge in [-0.25, -0.2) is 0 Å². The third-order valence-electron chi connectivity index (χ3n) is 6.26. The second-order valence-electron chi connectivity index (χ2n) is 8.50. The van der Waals surface area contributed by atoms with Crippen LogP contribution in [0.15, 0.2) is 12.4 Å². The van der Waals surface area contributed by atoms with E-state index in [1.807, 2.05) is 18.1 Å². The SMILES string of the molecule is CCCN1CC2(CCN(C)CC2)CC1C(=O)N(CCO)Cc1cnn(C)c1. The molecule has 1 unspecified atom stereocenters. The number of aliphatic hydroxyl groups excluding tert-OH is 1. The van der Waals surface area contributed by atoms with Gasteiger partial charge in [-0.2, -0.15) is 5.10 Å². The molecule has 2 fully saturated rings. The van der Waals surface area contributed by atoms with E-state index in [1.165, 1.54) is 12.8 Å². The van der Waals surface area contributed by atoms with Crippen LogP contribution in [-0.2, 0) is 18.4 Å². The van der Waals surface area contributed by atoms with E-state index in [0.717, 1.165) is 44.6 Å². The summed E-state index contributed by atoms with van der Waals surface area (Å²) in [5, 5.41) is 13.7. The number of hydrogen-bond donors (Lipinski definition) is 1. The van der Waals surface area contributed by atoms with E-state index < -0.39 is 0 Å². The van der Waals surface area contributed by atoms with E-state index in [4.69, 9.17) is 0 Å². The predicted molar refractivity (Wildman–Crippen MR) is 105 cm³/mol. The Morgan fingerprint density at radius 2 is 2.11 bits per heavy atom. The van der Waals surface area contributed by atoms with Crippen molar-refractivity contribution in [1.29, 1.82) is 0 Å². The molecule has 3 heterocycles. The van der Waals surface area contributed by atoms with Gasteiger partial charge in [-0.1, -0.05) is 6.92 Å². The van der Waals surface area contributed by atoms with Crippen LogP contribution >= 0.6 is 0 Å². The van der Waals surface area contributed by atoms with E-state index >= 15 is 0 Å². The first-order chi connectivity index (χ1) is 13.0. The lowest BCUT2D eigenvalue weighted by molar-refractivity contribution is -0.137. The molecule has 0 bridgehead atoms. The van der Waals surface area contributed by atoms with Crippen molar-refractivity contribution in [3.63, 3.8) is 0 Å². The van der Waals surface area contributed by atoms with Crippen molar-refractivity contribution in [3.05, 3.63) is 18.0 Å². The monoisotopic (exact) mass is 377 g/mol. The highest BCUT2D eigenvalue weighted by atomic mass is 16.3. The molecule has 7 nitrogen and oxygen atoms in total. The van der Waals surface area contributed by atoms with Crippen molar-refractivity contribution in [1.82, 2.24) is 24.5 Å². The van der Waals surface area contributed by atoms with Crippen LogP contribution in [0, 0.1) is 5.41 Å². The quantitative estimate of drug-likeness (QED) is 0.766. The van der Waals surface area contributed by atoms with Crippen molar-refractivity contribution in [2.24, 2.45) is 12.5 Å². The van der Waals surface area contributed by atoms with Gasteiger partial charge in [0.05, 0.1) is 18.8 Å². The summed E-state index contributed by atoms with van der Waals surface area (Å²) in [7, 11) is 4.07.